The van der Waals surface area contributed by atoms with Crippen molar-refractivity contribution < 1.29 is 0 Å². The van der Waals surface area contributed by atoms with E-state index in [0.717, 1.165) is 24.8 Å². The van der Waals surface area contributed by atoms with E-state index in [2.05, 4.69) is 9.88 Å². The van der Waals surface area contributed by atoms with Crippen LogP contribution in [0.3, 0.4) is 0 Å². The maximum atomic E-state index is 11.6. The van der Waals surface area contributed by atoms with E-state index in [0.29, 0.717) is 12.1 Å². The minimum atomic E-state index is -0.296. The van der Waals surface area contributed by atoms with Crippen molar-refractivity contribution in [2.24, 2.45) is 11.8 Å². The van der Waals surface area contributed by atoms with Gasteiger partial charge in [-0.1, -0.05) is 0 Å². The van der Waals surface area contributed by atoms with Crippen LogP contribution in [0.2, 0.25) is 0 Å². The average Bonchev–Trinajstić information content (AvgIpc) is 2.93. The zero-order valence-corrected chi connectivity index (χ0v) is 10.7. The van der Waals surface area contributed by atoms with Crippen molar-refractivity contribution in [3.05, 3.63) is 32.6 Å². The number of H-pyrrole nitrogens is 1. The molecule has 3 rings (SSSR count). The van der Waals surface area contributed by atoms with Gasteiger partial charge in [0.25, 0.3) is 5.56 Å². The second kappa shape index (κ2) is 4.39. The van der Waals surface area contributed by atoms with Crippen LogP contribution < -0.4 is 11.2 Å². The maximum absolute atomic E-state index is 11.6. The molecule has 0 bridgehead atoms. The second-order valence-electron chi connectivity index (χ2n) is 5.63. The van der Waals surface area contributed by atoms with Crippen LogP contribution in [0, 0.1) is 18.8 Å². The van der Waals surface area contributed by atoms with Crippen molar-refractivity contribution >= 4 is 0 Å². The predicted molar refractivity (Wildman–Crippen MR) is 68.7 cm³/mol. The molecule has 0 amide bonds. The molecule has 2 atom stereocenters. The number of rotatable bonds is 4. The van der Waals surface area contributed by atoms with Crippen LogP contribution in [-0.2, 0) is 6.54 Å². The second-order valence-corrected chi connectivity index (χ2v) is 5.63. The van der Waals surface area contributed by atoms with E-state index < -0.39 is 0 Å². The standard InChI is InChI=1S/C13H19N3O2/c1-9-6-16(13(18)14-12(9)17)4-2-3-15-7-10-5-11(10)8-15/h6,10-11H,2-5,7-8H2,1H3,(H,14,17,18). The lowest BCUT2D eigenvalue weighted by Crippen LogP contribution is -2.32. The molecule has 1 saturated heterocycles. The van der Waals surface area contributed by atoms with E-state index in [-0.39, 0.29) is 11.2 Å². The Morgan fingerprint density at radius 1 is 1.28 bits per heavy atom. The molecule has 2 fully saturated rings. The van der Waals surface area contributed by atoms with Crippen LogP contribution in [-0.4, -0.2) is 34.1 Å². The Morgan fingerprint density at radius 2 is 2.00 bits per heavy atom. The lowest BCUT2D eigenvalue weighted by molar-refractivity contribution is 0.293. The van der Waals surface area contributed by atoms with Gasteiger partial charge in [0.15, 0.2) is 0 Å². The van der Waals surface area contributed by atoms with Gasteiger partial charge < -0.3 is 9.47 Å². The summed E-state index contributed by atoms with van der Waals surface area (Å²) in [5.41, 5.74) is 0.0165. The molecule has 18 heavy (non-hydrogen) atoms. The maximum Gasteiger partial charge on any atom is 0.328 e. The van der Waals surface area contributed by atoms with E-state index >= 15 is 0 Å². The van der Waals surface area contributed by atoms with Gasteiger partial charge in [-0.25, -0.2) is 4.79 Å². The average molecular weight is 249 g/mol. The summed E-state index contributed by atoms with van der Waals surface area (Å²) in [7, 11) is 0. The molecule has 2 aliphatic rings. The Morgan fingerprint density at radius 3 is 2.72 bits per heavy atom. The molecule has 1 aromatic rings. The number of likely N-dealkylation sites (tertiary alicyclic amines) is 1. The van der Waals surface area contributed by atoms with Crippen molar-refractivity contribution in [1.82, 2.24) is 14.5 Å². The van der Waals surface area contributed by atoms with Crippen LogP contribution in [0.15, 0.2) is 15.8 Å². The van der Waals surface area contributed by atoms with Gasteiger partial charge in [0.05, 0.1) is 0 Å². The Balaban J connectivity index is 1.55. The number of nitrogens with zero attached hydrogens (tertiary/aromatic N) is 2. The number of piperidine rings is 1. The molecule has 1 saturated carbocycles. The minimum absolute atomic E-state index is 0.282. The zero-order chi connectivity index (χ0) is 12.7. The first kappa shape index (κ1) is 11.7. The van der Waals surface area contributed by atoms with E-state index in [4.69, 9.17) is 0 Å². The predicted octanol–water partition coefficient (Wildman–Crippen LogP) is 0.187. The molecule has 1 aliphatic carbocycles. The molecule has 1 aromatic heterocycles. The molecule has 5 nitrogen and oxygen atoms in total. The summed E-state index contributed by atoms with van der Waals surface area (Å²) in [4.78, 5) is 27.6. The third-order valence-electron chi connectivity index (χ3n) is 4.12. The lowest BCUT2D eigenvalue weighted by Gasteiger charge is -2.17. The van der Waals surface area contributed by atoms with Crippen LogP contribution in [0.25, 0.3) is 0 Å². The molecule has 0 radical (unpaired) electrons. The summed E-state index contributed by atoms with van der Waals surface area (Å²) in [5, 5.41) is 0. The molecular weight excluding hydrogens is 230 g/mol. The molecular formula is C13H19N3O2. The summed E-state index contributed by atoms with van der Waals surface area (Å²) in [5.74, 6) is 1.92. The van der Waals surface area contributed by atoms with Gasteiger partial charge in [-0.3, -0.25) is 9.78 Å². The number of nitrogens with one attached hydrogen (secondary N) is 1. The topological polar surface area (TPSA) is 58.1 Å². The first-order valence-corrected chi connectivity index (χ1v) is 6.66. The molecule has 0 aromatic carbocycles. The summed E-state index contributed by atoms with van der Waals surface area (Å²) >= 11 is 0. The first-order chi connectivity index (χ1) is 8.63. The van der Waals surface area contributed by atoms with Crippen molar-refractivity contribution in [2.45, 2.75) is 26.3 Å². The van der Waals surface area contributed by atoms with Crippen LogP contribution >= 0.6 is 0 Å². The third kappa shape index (κ3) is 2.27. The number of hydrogen-bond acceptors (Lipinski definition) is 3. The molecule has 0 spiro atoms. The van der Waals surface area contributed by atoms with Crippen LogP contribution in [0.5, 0.6) is 0 Å². The summed E-state index contributed by atoms with van der Waals surface area (Å²) in [6.07, 6.45) is 4.04. The van der Waals surface area contributed by atoms with E-state index in [1.54, 1.807) is 17.7 Å². The molecule has 1 N–H and O–H groups in total. The first-order valence-electron chi connectivity index (χ1n) is 6.66. The van der Waals surface area contributed by atoms with E-state index in [1.165, 1.54) is 19.5 Å². The third-order valence-corrected chi connectivity index (χ3v) is 4.12. The smallest absolute Gasteiger partial charge is 0.303 e. The molecule has 2 heterocycles. The minimum Gasteiger partial charge on any atom is -0.303 e. The highest BCUT2D eigenvalue weighted by atomic mass is 16.2. The zero-order valence-electron chi connectivity index (χ0n) is 10.7. The van der Waals surface area contributed by atoms with E-state index in [1.807, 2.05) is 0 Å². The summed E-state index contributed by atoms with van der Waals surface area (Å²) in [6, 6.07) is 0. The highest BCUT2D eigenvalue weighted by Gasteiger charge is 2.44. The van der Waals surface area contributed by atoms with Gasteiger partial charge in [0, 0.05) is 31.4 Å². The Kier molecular flexibility index (Phi) is 2.86. The fraction of sp³-hybridized carbons (Fsp3) is 0.692. The van der Waals surface area contributed by atoms with Gasteiger partial charge >= 0.3 is 5.69 Å². The number of aryl methyl sites for hydroxylation is 2. The van der Waals surface area contributed by atoms with E-state index in [9.17, 15) is 9.59 Å². The van der Waals surface area contributed by atoms with Gasteiger partial charge in [-0.2, -0.15) is 0 Å². The molecule has 98 valence electrons. The number of fused-ring (bicyclic) bond motifs is 1. The highest BCUT2D eigenvalue weighted by molar-refractivity contribution is 5.00. The van der Waals surface area contributed by atoms with Crippen LogP contribution in [0.1, 0.15) is 18.4 Å². The fourth-order valence-corrected chi connectivity index (χ4v) is 2.93. The van der Waals surface area contributed by atoms with Gasteiger partial charge in [-0.15, -0.1) is 0 Å². The monoisotopic (exact) mass is 249 g/mol. The Bertz CT molecular complexity index is 550. The van der Waals surface area contributed by atoms with Crippen molar-refractivity contribution in [3.8, 4) is 0 Å². The lowest BCUT2D eigenvalue weighted by atomic mass is 10.3. The number of aromatic nitrogens is 2. The number of aromatic amines is 1. The van der Waals surface area contributed by atoms with Gasteiger partial charge in [0.1, 0.15) is 0 Å². The summed E-state index contributed by atoms with van der Waals surface area (Å²) in [6.45, 7) is 5.94. The quantitative estimate of drug-likeness (QED) is 0.828. The number of hydrogen-bond donors (Lipinski definition) is 1. The van der Waals surface area contributed by atoms with Gasteiger partial charge in [-0.05, 0) is 38.1 Å². The van der Waals surface area contributed by atoms with Crippen molar-refractivity contribution in [3.63, 3.8) is 0 Å². The molecule has 5 heteroatoms. The Hall–Kier alpha value is -1.36. The SMILES string of the molecule is Cc1cn(CCCN2CC3CC3C2)c(=O)[nH]c1=O. The largest absolute Gasteiger partial charge is 0.328 e. The highest BCUT2D eigenvalue weighted by Crippen LogP contribution is 2.44. The van der Waals surface area contributed by atoms with Gasteiger partial charge in [0.2, 0.25) is 0 Å². The molecule has 1 aliphatic heterocycles. The normalized spacial score (nSPS) is 26.3. The fourth-order valence-electron chi connectivity index (χ4n) is 2.93. The molecule has 2 unspecified atom stereocenters. The summed E-state index contributed by atoms with van der Waals surface area (Å²) < 4.78 is 1.60. The van der Waals surface area contributed by atoms with Crippen molar-refractivity contribution in [1.29, 1.82) is 0 Å². The van der Waals surface area contributed by atoms with Crippen molar-refractivity contribution in [2.75, 3.05) is 19.6 Å². The Labute approximate surface area is 105 Å². The van der Waals surface area contributed by atoms with Crippen LogP contribution in [0.4, 0.5) is 0 Å².